The van der Waals surface area contributed by atoms with Crippen molar-refractivity contribution in [3.63, 3.8) is 0 Å². The van der Waals surface area contributed by atoms with E-state index in [1.807, 2.05) is 18.2 Å². The lowest BCUT2D eigenvalue weighted by atomic mass is 9.84. The first-order valence-corrected chi connectivity index (χ1v) is 8.70. The predicted molar refractivity (Wildman–Crippen MR) is 95.3 cm³/mol. The fourth-order valence-electron chi connectivity index (χ4n) is 4.09. The normalized spacial score (nSPS) is 27.1. The highest BCUT2D eigenvalue weighted by molar-refractivity contribution is 9.10. The summed E-state index contributed by atoms with van der Waals surface area (Å²) in [5, 5.41) is 9.61. The summed E-state index contributed by atoms with van der Waals surface area (Å²) in [6.45, 7) is 0.640. The Morgan fingerprint density at radius 3 is 2.83 bits per heavy atom. The number of carboxylic acid groups (broad SMARTS) is 1. The highest BCUT2D eigenvalue weighted by Gasteiger charge is 2.45. The molecule has 0 aromatic heterocycles. The summed E-state index contributed by atoms with van der Waals surface area (Å²) in [5.74, 6) is 0.669. The molecular weight excluding hydrogens is 382 g/mol. The third kappa shape index (κ3) is 3.83. The maximum absolute atomic E-state index is 11.7. The second-order valence-electron chi connectivity index (χ2n) is 6.33. The lowest BCUT2D eigenvalue weighted by Gasteiger charge is -2.33. The number of fused-ring (bicyclic) bond motifs is 1. The van der Waals surface area contributed by atoms with Crippen molar-refractivity contribution in [1.29, 1.82) is 0 Å². The molecule has 0 radical (unpaired) electrons. The quantitative estimate of drug-likeness (QED) is 0.821. The van der Waals surface area contributed by atoms with Crippen molar-refractivity contribution < 1.29 is 14.6 Å². The first-order valence-electron chi connectivity index (χ1n) is 7.91. The van der Waals surface area contributed by atoms with E-state index < -0.39 is 5.97 Å². The van der Waals surface area contributed by atoms with Crippen LogP contribution in [0, 0.1) is 5.92 Å². The molecule has 1 aromatic carbocycles. The first kappa shape index (κ1) is 18.6. The second kappa shape index (κ2) is 7.86. The van der Waals surface area contributed by atoms with Crippen molar-refractivity contribution in [1.82, 2.24) is 4.90 Å². The zero-order valence-corrected chi connectivity index (χ0v) is 15.6. The summed E-state index contributed by atoms with van der Waals surface area (Å²) in [6.07, 6.45) is 5.52. The summed E-state index contributed by atoms with van der Waals surface area (Å²) in [7, 11) is 1.66. The van der Waals surface area contributed by atoms with E-state index >= 15 is 0 Å². The molecule has 4 nitrogen and oxygen atoms in total. The molecule has 3 rings (SSSR count). The number of halogens is 2. The molecule has 2 aliphatic rings. The molecule has 0 amide bonds. The number of methoxy groups -OCH3 is 1. The molecule has 1 aromatic rings. The molecule has 3 atom stereocenters. The largest absolute Gasteiger partial charge is 0.496 e. The zero-order valence-electron chi connectivity index (χ0n) is 13.2. The molecule has 3 unspecified atom stereocenters. The van der Waals surface area contributed by atoms with Crippen molar-refractivity contribution in [2.75, 3.05) is 7.11 Å². The van der Waals surface area contributed by atoms with Crippen LogP contribution >= 0.6 is 28.3 Å². The Kier molecular flexibility index (Phi) is 6.34. The average Bonchev–Trinajstić information content (AvgIpc) is 2.87. The van der Waals surface area contributed by atoms with Crippen LogP contribution in [0.1, 0.15) is 37.7 Å². The van der Waals surface area contributed by atoms with Crippen LogP contribution < -0.4 is 4.74 Å². The third-order valence-corrected chi connectivity index (χ3v) is 5.59. The maximum atomic E-state index is 11.7. The minimum atomic E-state index is -0.691. The number of hydrogen-bond acceptors (Lipinski definition) is 3. The number of carboxylic acids is 1. The molecule has 1 aliphatic carbocycles. The number of aliphatic carboxylic acids is 1. The molecular formula is C17H23BrClNO3. The van der Waals surface area contributed by atoms with Gasteiger partial charge in [0.2, 0.25) is 0 Å². The van der Waals surface area contributed by atoms with Gasteiger partial charge in [-0.15, -0.1) is 12.4 Å². The number of nitrogens with zero attached hydrogens (tertiary/aromatic N) is 1. The zero-order chi connectivity index (χ0) is 15.7. The molecule has 0 spiro atoms. The van der Waals surface area contributed by atoms with Crippen LogP contribution in [0.2, 0.25) is 0 Å². The number of carbonyl (C=O) groups is 1. The van der Waals surface area contributed by atoms with Crippen molar-refractivity contribution in [2.24, 2.45) is 5.92 Å². The van der Waals surface area contributed by atoms with Gasteiger partial charge in [-0.2, -0.15) is 0 Å². The molecule has 0 bridgehead atoms. The molecule has 1 saturated carbocycles. The van der Waals surface area contributed by atoms with Gasteiger partial charge in [-0.25, -0.2) is 0 Å². The summed E-state index contributed by atoms with van der Waals surface area (Å²) >= 11 is 3.50. The van der Waals surface area contributed by atoms with E-state index in [4.69, 9.17) is 4.74 Å². The highest BCUT2D eigenvalue weighted by atomic mass is 79.9. The van der Waals surface area contributed by atoms with E-state index in [2.05, 4.69) is 20.8 Å². The molecule has 2 fully saturated rings. The van der Waals surface area contributed by atoms with E-state index in [1.165, 1.54) is 19.3 Å². The van der Waals surface area contributed by atoms with Crippen molar-refractivity contribution >= 4 is 34.3 Å². The van der Waals surface area contributed by atoms with Crippen LogP contribution in [0.25, 0.3) is 0 Å². The standard InChI is InChI=1S/C17H22BrNO3.ClH/c1-22-16-7-6-13(18)8-12(16)10-19-14-5-3-2-4-11(14)9-15(19)17(20)21;/h6-8,11,14-15H,2-5,9-10H2,1H3,(H,20,21);1H. The second-order valence-corrected chi connectivity index (χ2v) is 7.25. The molecule has 128 valence electrons. The van der Waals surface area contributed by atoms with Crippen molar-refractivity contribution in [3.8, 4) is 5.75 Å². The highest BCUT2D eigenvalue weighted by Crippen LogP contribution is 2.41. The van der Waals surface area contributed by atoms with Gasteiger partial charge in [0.1, 0.15) is 11.8 Å². The summed E-state index contributed by atoms with van der Waals surface area (Å²) < 4.78 is 6.44. The van der Waals surface area contributed by atoms with Crippen molar-refractivity contribution in [3.05, 3.63) is 28.2 Å². The number of hydrogen-bond donors (Lipinski definition) is 1. The Labute approximate surface area is 151 Å². The van der Waals surface area contributed by atoms with Gasteiger partial charge in [0.25, 0.3) is 0 Å². The number of benzene rings is 1. The van der Waals surface area contributed by atoms with E-state index in [9.17, 15) is 9.90 Å². The van der Waals surface area contributed by atoms with Gasteiger partial charge in [0.15, 0.2) is 0 Å². The van der Waals surface area contributed by atoms with Crippen LogP contribution in [0.4, 0.5) is 0 Å². The van der Waals surface area contributed by atoms with Crippen LogP contribution in [-0.2, 0) is 11.3 Å². The molecule has 1 aliphatic heterocycles. The number of ether oxygens (including phenoxy) is 1. The van der Waals surface area contributed by atoms with Crippen LogP contribution in [0.15, 0.2) is 22.7 Å². The minimum Gasteiger partial charge on any atom is -0.496 e. The predicted octanol–water partition coefficient (Wildman–Crippen LogP) is 4.10. The summed E-state index contributed by atoms with van der Waals surface area (Å²) in [4.78, 5) is 13.9. The van der Waals surface area contributed by atoms with E-state index in [1.54, 1.807) is 7.11 Å². The third-order valence-electron chi connectivity index (χ3n) is 5.10. The van der Waals surface area contributed by atoms with Crippen LogP contribution in [-0.4, -0.2) is 35.2 Å². The van der Waals surface area contributed by atoms with Crippen LogP contribution in [0.3, 0.4) is 0 Å². The van der Waals surface area contributed by atoms with Gasteiger partial charge >= 0.3 is 5.97 Å². The maximum Gasteiger partial charge on any atom is 0.320 e. The topological polar surface area (TPSA) is 49.8 Å². The molecule has 1 N–H and O–H groups in total. The number of likely N-dealkylation sites (tertiary alicyclic amines) is 1. The molecule has 1 saturated heterocycles. The average molecular weight is 405 g/mol. The Hall–Kier alpha value is -0.780. The first-order chi connectivity index (χ1) is 10.6. The van der Waals surface area contributed by atoms with Gasteiger partial charge < -0.3 is 9.84 Å². The Balaban J connectivity index is 0.00000192. The Morgan fingerprint density at radius 1 is 1.39 bits per heavy atom. The monoisotopic (exact) mass is 403 g/mol. The van der Waals surface area contributed by atoms with Crippen molar-refractivity contribution in [2.45, 2.75) is 50.7 Å². The summed E-state index contributed by atoms with van der Waals surface area (Å²) in [5.41, 5.74) is 1.05. The Bertz CT molecular complexity index is 569. The Morgan fingerprint density at radius 2 is 2.13 bits per heavy atom. The van der Waals surface area contributed by atoms with Crippen LogP contribution in [0.5, 0.6) is 5.75 Å². The van der Waals surface area contributed by atoms with Gasteiger partial charge in [-0.3, -0.25) is 9.69 Å². The lowest BCUT2D eigenvalue weighted by Crippen LogP contribution is -2.41. The van der Waals surface area contributed by atoms with E-state index in [-0.39, 0.29) is 18.4 Å². The SMILES string of the molecule is COc1ccc(Br)cc1CN1C(C(=O)O)CC2CCCCC21.Cl. The molecule has 1 heterocycles. The van der Waals surface area contributed by atoms with Gasteiger partial charge in [0, 0.05) is 22.6 Å². The van der Waals surface area contributed by atoms with Gasteiger partial charge in [-0.05, 0) is 43.4 Å². The van der Waals surface area contributed by atoms with Gasteiger partial charge in [-0.1, -0.05) is 28.8 Å². The molecule has 23 heavy (non-hydrogen) atoms. The number of rotatable bonds is 4. The fraction of sp³-hybridized carbons (Fsp3) is 0.588. The van der Waals surface area contributed by atoms with E-state index in [0.29, 0.717) is 18.5 Å². The fourth-order valence-corrected chi connectivity index (χ4v) is 4.50. The van der Waals surface area contributed by atoms with Gasteiger partial charge in [0.05, 0.1) is 7.11 Å². The van der Waals surface area contributed by atoms with E-state index in [0.717, 1.165) is 28.6 Å². The summed E-state index contributed by atoms with van der Waals surface area (Å²) in [6, 6.07) is 5.96. The smallest absolute Gasteiger partial charge is 0.320 e. The molecule has 6 heteroatoms. The lowest BCUT2D eigenvalue weighted by molar-refractivity contribution is -0.142. The minimum absolute atomic E-state index is 0.